The molecule has 0 aliphatic heterocycles. The Morgan fingerprint density at radius 3 is 1.86 bits per heavy atom. The smallest absolute Gasteiger partial charge is 0.326 e. The summed E-state index contributed by atoms with van der Waals surface area (Å²) in [6, 6.07) is 1.82. The van der Waals surface area contributed by atoms with Crippen LogP contribution >= 0.6 is 0 Å². The number of nitrogens with one attached hydrogen (secondary N) is 1. The van der Waals surface area contributed by atoms with Gasteiger partial charge in [-0.25, -0.2) is 0 Å². The second kappa shape index (κ2) is 8.47. The molecule has 5 nitrogen and oxygen atoms in total. The number of hydrogen-bond acceptors (Lipinski definition) is 4. The van der Waals surface area contributed by atoms with Gasteiger partial charge in [-0.15, -0.1) is 0 Å². The Labute approximate surface area is 129 Å². The van der Waals surface area contributed by atoms with E-state index in [1.54, 1.807) is 0 Å². The lowest BCUT2D eigenvalue weighted by molar-refractivity contribution is -0.0510. The molecule has 4 N–H and O–H groups in total. The highest BCUT2D eigenvalue weighted by molar-refractivity contribution is 7.86. The minimum absolute atomic E-state index is 0.422. The van der Waals surface area contributed by atoms with Crippen LogP contribution in [0.25, 0.3) is 0 Å². The predicted octanol–water partition coefficient (Wildman–Crippen LogP) is 2.57. The number of rotatable bonds is 2. The van der Waals surface area contributed by atoms with Gasteiger partial charge < -0.3 is 11.1 Å². The van der Waals surface area contributed by atoms with Gasteiger partial charge in [0.2, 0.25) is 0 Å². The van der Waals surface area contributed by atoms with Crippen LogP contribution in [0.4, 0.5) is 13.2 Å². The van der Waals surface area contributed by atoms with E-state index in [0.717, 1.165) is 6.04 Å². The average Bonchev–Trinajstić information content (AvgIpc) is 2.41. The molecule has 0 aromatic carbocycles. The quantitative estimate of drug-likeness (QED) is 0.528. The minimum atomic E-state index is -5.84. The first kappa shape index (κ1) is 19.7. The molecule has 9 heteroatoms. The minimum Gasteiger partial charge on any atom is -0.326 e. The number of halogens is 3. The Hall–Kier alpha value is -0.380. The molecule has 0 amide bonds. The summed E-state index contributed by atoms with van der Waals surface area (Å²) in [6.07, 6.45) is 12.3. The zero-order chi connectivity index (χ0) is 16.8. The van der Waals surface area contributed by atoms with E-state index >= 15 is 0 Å². The summed E-state index contributed by atoms with van der Waals surface area (Å²) < 4.78 is 57.5. The summed E-state index contributed by atoms with van der Waals surface area (Å²) in [5, 5.41) is 3.78. The third kappa shape index (κ3) is 6.80. The van der Waals surface area contributed by atoms with Crippen molar-refractivity contribution in [1.82, 2.24) is 5.32 Å². The Morgan fingerprint density at radius 2 is 1.41 bits per heavy atom. The van der Waals surface area contributed by atoms with Gasteiger partial charge in [-0.3, -0.25) is 4.55 Å². The Bertz CT molecular complexity index is 423. The van der Waals surface area contributed by atoms with Crippen LogP contribution in [0.3, 0.4) is 0 Å². The predicted molar refractivity (Wildman–Crippen MR) is 77.8 cm³/mol. The van der Waals surface area contributed by atoms with Gasteiger partial charge in [-0.1, -0.05) is 32.1 Å². The first-order chi connectivity index (χ1) is 10.1. The lowest BCUT2D eigenvalue weighted by atomic mass is 9.88. The molecule has 0 spiro atoms. The summed E-state index contributed by atoms with van der Waals surface area (Å²) >= 11 is 0. The highest BCUT2D eigenvalue weighted by Gasteiger charge is 2.44. The zero-order valence-electron chi connectivity index (χ0n) is 12.5. The van der Waals surface area contributed by atoms with E-state index in [-0.39, 0.29) is 0 Å². The van der Waals surface area contributed by atoms with E-state index in [1.807, 2.05) is 0 Å². The molecule has 0 aromatic heterocycles. The third-order valence-electron chi connectivity index (χ3n) is 4.17. The molecule has 22 heavy (non-hydrogen) atoms. The fourth-order valence-electron chi connectivity index (χ4n) is 2.94. The van der Waals surface area contributed by atoms with Crippen LogP contribution < -0.4 is 11.1 Å². The lowest BCUT2D eigenvalue weighted by Crippen LogP contribution is -2.51. The molecular weight excluding hydrogens is 321 g/mol. The normalized spacial score (nSPS) is 27.9. The molecule has 0 saturated heterocycles. The summed E-state index contributed by atoms with van der Waals surface area (Å²) in [4.78, 5) is 0. The monoisotopic (exact) mass is 346 g/mol. The van der Waals surface area contributed by atoms with Crippen LogP contribution in [0.2, 0.25) is 0 Å². The summed E-state index contributed by atoms with van der Waals surface area (Å²) in [5.74, 6) is 0. The highest BCUT2D eigenvalue weighted by atomic mass is 32.2. The molecule has 2 rings (SSSR count). The fourth-order valence-corrected chi connectivity index (χ4v) is 2.94. The molecule has 0 aromatic rings. The van der Waals surface area contributed by atoms with Crippen LogP contribution in [-0.4, -0.2) is 36.6 Å². The van der Waals surface area contributed by atoms with Gasteiger partial charge in [0.1, 0.15) is 0 Å². The van der Waals surface area contributed by atoms with Crippen molar-refractivity contribution in [2.45, 2.75) is 81.4 Å². The van der Waals surface area contributed by atoms with E-state index in [4.69, 9.17) is 18.7 Å². The maximum Gasteiger partial charge on any atom is 0.522 e. The molecular formula is C13H25F3N2O3S. The van der Waals surface area contributed by atoms with Crippen molar-refractivity contribution in [1.29, 1.82) is 0 Å². The van der Waals surface area contributed by atoms with Crippen molar-refractivity contribution in [3.05, 3.63) is 0 Å². The molecule has 132 valence electrons. The molecule has 0 heterocycles. The van der Waals surface area contributed by atoms with Crippen molar-refractivity contribution in [2.75, 3.05) is 0 Å². The topological polar surface area (TPSA) is 92.4 Å². The number of nitrogens with two attached hydrogens (primary N) is 1. The maximum atomic E-state index is 10.7. The molecule has 2 aliphatic rings. The Balaban J connectivity index is 0.000000261. The van der Waals surface area contributed by atoms with Gasteiger partial charge in [-0.2, -0.15) is 21.6 Å². The van der Waals surface area contributed by atoms with Crippen LogP contribution in [0, 0.1) is 0 Å². The van der Waals surface area contributed by atoms with Gasteiger partial charge in [0.05, 0.1) is 0 Å². The van der Waals surface area contributed by atoms with E-state index in [1.165, 1.54) is 57.8 Å². The van der Waals surface area contributed by atoms with Crippen molar-refractivity contribution >= 4 is 10.1 Å². The van der Waals surface area contributed by atoms with E-state index in [0.29, 0.717) is 12.1 Å². The Morgan fingerprint density at radius 1 is 0.955 bits per heavy atom. The summed E-state index contributed by atoms with van der Waals surface area (Å²) in [6.45, 7) is 0. The maximum absolute atomic E-state index is 10.7. The van der Waals surface area contributed by atoms with Gasteiger partial charge >= 0.3 is 15.6 Å². The van der Waals surface area contributed by atoms with Crippen molar-refractivity contribution < 1.29 is 26.1 Å². The number of alkyl halides is 3. The molecule has 0 unspecified atom stereocenters. The van der Waals surface area contributed by atoms with Crippen LogP contribution in [0.1, 0.15) is 57.8 Å². The van der Waals surface area contributed by atoms with E-state index in [9.17, 15) is 13.2 Å². The van der Waals surface area contributed by atoms with E-state index < -0.39 is 15.6 Å². The summed E-state index contributed by atoms with van der Waals surface area (Å²) in [5.41, 5.74) is 0.599. The molecule has 2 aliphatic carbocycles. The SMILES string of the molecule is N[C@@H]1CCCC[C@H]1NC1CCCCC1.O=S(=O)(O)C(F)(F)F. The lowest BCUT2D eigenvalue weighted by Gasteiger charge is -2.34. The first-order valence-corrected chi connectivity index (χ1v) is 9.10. The molecule has 0 bridgehead atoms. The Kier molecular flexibility index (Phi) is 7.57. The van der Waals surface area contributed by atoms with Crippen LogP contribution in [0.5, 0.6) is 0 Å². The van der Waals surface area contributed by atoms with Crippen LogP contribution in [-0.2, 0) is 10.1 Å². The molecule has 2 fully saturated rings. The van der Waals surface area contributed by atoms with Crippen molar-refractivity contribution in [2.24, 2.45) is 5.73 Å². The highest BCUT2D eigenvalue weighted by Crippen LogP contribution is 2.22. The second-order valence-corrected chi connectivity index (χ2v) is 7.39. The van der Waals surface area contributed by atoms with Gasteiger partial charge in [-0.05, 0) is 25.7 Å². The molecule has 2 atom stereocenters. The largest absolute Gasteiger partial charge is 0.522 e. The second-order valence-electron chi connectivity index (χ2n) is 5.98. The standard InChI is InChI=1S/C12H24N2.CHF3O3S/c13-11-8-4-5-9-12(11)14-10-6-2-1-3-7-10;2-1(3,4)8(5,6)7/h10-12,14H,1-9,13H2;(H,5,6,7)/t11-,12-;/m1./s1. The van der Waals surface area contributed by atoms with Crippen molar-refractivity contribution in [3.63, 3.8) is 0 Å². The fraction of sp³-hybridized carbons (Fsp3) is 1.00. The van der Waals surface area contributed by atoms with Gasteiger partial charge in [0, 0.05) is 18.1 Å². The van der Waals surface area contributed by atoms with Crippen LogP contribution in [0.15, 0.2) is 0 Å². The van der Waals surface area contributed by atoms with Gasteiger partial charge in [0.15, 0.2) is 0 Å². The van der Waals surface area contributed by atoms with E-state index in [2.05, 4.69) is 5.32 Å². The van der Waals surface area contributed by atoms with Gasteiger partial charge in [0.25, 0.3) is 0 Å². The first-order valence-electron chi connectivity index (χ1n) is 7.66. The van der Waals surface area contributed by atoms with Crippen molar-refractivity contribution in [3.8, 4) is 0 Å². The number of hydrogen-bond donors (Lipinski definition) is 3. The molecule has 2 saturated carbocycles. The molecule has 0 radical (unpaired) electrons. The third-order valence-corrected chi connectivity index (χ3v) is 4.75. The average molecular weight is 346 g/mol. The summed E-state index contributed by atoms with van der Waals surface area (Å²) in [7, 11) is -5.84. The zero-order valence-corrected chi connectivity index (χ0v) is 13.3.